The Hall–Kier alpha value is -2.08. The molecule has 0 aliphatic carbocycles. The molecule has 7 heteroatoms. The summed E-state index contributed by atoms with van der Waals surface area (Å²) < 4.78 is 0. The van der Waals surface area contributed by atoms with E-state index in [0.717, 1.165) is 5.56 Å². The number of hydrogen-bond donors (Lipinski definition) is 3. The van der Waals surface area contributed by atoms with E-state index >= 15 is 0 Å². The molecule has 2 rings (SSSR count). The highest BCUT2D eigenvalue weighted by atomic mass is 35.5. The van der Waals surface area contributed by atoms with Gasteiger partial charge >= 0.3 is 0 Å². The smallest absolute Gasteiger partial charge is 0.252 e. The highest BCUT2D eigenvalue weighted by Crippen LogP contribution is 2.21. The Balaban J connectivity index is 0.00000364. The standard InChI is InChI=1S/C20H24ClN3O2.ClH/c1-13(2)12-23-19(25)16-9-8-15(11-17(16)21)24-20(26)18(22)10-14-6-4-3-5-7-14;/h3-9,11,13,18H,10,12,22H2,1-2H3,(H,23,25)(H,24,26);1H/t18-;/m0./s1. The largest absolute Gasteiger partial charge is 0.352 e. The van der Waals surface area contributed by atoms with Gasteiger partial charge in [0.15, 0.2) is 0 Å². The number of halogens is 2. The first kappa shape index (κ1) is 23.0. The highest BCUT2D eigenvalue weighted by Gasteiger charge is 2.16. The molecular formula is C20H25Cl2N3O2. The van der Waals surface area contributed by atoms with E-state index in [1.54, 1.807) is 18.2 Å². The summed E-state index contributed by atoms with van der Waals surface area (Å²) in [7, 11) is 0. The summed E-state index contributed by atoms with van der Waals surface area (Å²) in [4.78, 5) is 24.4. The number of rotatable bonds is 7. The first-order chi connectivity index (χ1) is 12.4. The van der Waals surface area contributed by atoms with Crippen molar-refractivity contribution in [2.24, 2.45) is 11.7 Å². The van der Waals surface area contributed by atoms with E-state index in [4.69, 9.17) is 17.3 Å². The zero-order valence-corrected chi connectivity index (χ0v) is 16.9. The van der Waals surface area contributed by atoms with Gasteiger partial charge in [0, 0.05) is 12.2 Å². The topological polar surface area (TPSA) is 84.2 Å². The second-order valence-corrected chi connectivity index (χ2v) is 6.99. The van der Waals surface area contributed by atoms with Crippen LogP contribution in [0.25, 0.3) is 0 Å². The number of amides is 2. The van der Waals surface area contributed by atoms with Crippen molar-refractivity contribution in [3.8, 4) is 0 Å². The van der Waals surface area contributed by atoms with E-state index in [9.17, 15) is 9.59 Å². The Labute approximate surface area is 171 Å². The third kappa shape index (κ3) is 7.21. The first-order valence-electron chi connectivity index (χ1n) is 8.55. The van der Waals surface area contributed by atoms with Crippen LogP contribution in [0.5, 0.6) is 0 Å². The van der Waals surface area contributed by atoms with Gasteiger partial charge in [-0.05, 0) is 36.1 Å². The van der Waals surface area contributed by atoms with Gasteiger partial charge in [0.1, 0.15) is 0 Å². The number of nitrogens with two attached hydrogens (primary N) is 1. The monoisotopic (exact) mass is 409 g/mol. The average Bonchev–Trinajstić information content (AvgIpc) is 2.60. The van der Waals surface area contributed by atoms with Crippen LogP contribution in [0, 0.1) is 5.92 Å². The van der Waals surface area contributed by atoms with Gasteiger partial charge in [0.05, 0.1) is 16.6 Å². The van der Waals surface area contributed by atoms with Gasteiger partial charge in [-0.1, -0.05) is 55.8 Å². The number of carbonyl (C=O) groups excluding carboxylic acids is 2. The number of carbonyl (C=O) groups is 2. The van der Waals surface area contributed by atoms with E-state index < -0.39 is 6.04 Å². The molecule has 2 aromatic carbocycles. The molecule has 0 aliphatic heterocycles. The summed E-state index contributed by atoms with van der Waals surface area (Å²) in [6.07, 6.45) is 0.441. The zero-order chi connectivity index (χ0) is 19.1. The lowest BCUT2D eigenvalue weighted by Gasteiger charge is -2.14. The molecule has 0 fully saturated rings. The molecule has 146 valence electrons. The average molecular weight is 410 g/mol. The third-order valence-electron chi connectivity index (χ3n) is 3.79. The summed E-state index contributed by atoms with van der Waals surface area (Å²) >= 11 is 6.19. The second kappa shape index (κ2) is 10.9. The fourth-order valence-corrected chi connectivity index (χ4v) is 2.63. The number of hydrogen-bond acceptors (Lipinski definition) is 3. The quantitative estimate of drug-likeness (QED) is 0.652. The van der Waals surface area contributed by atoms with Crippen molar-refractivity contribution in [3.05, 3.63) is 64.7 Å². The van der Waals surface area contributed by atoms with Crippen LogP contribution >= 0.6 is 24.0 Å². The molecule has 0 aliphatic rings. The molecule has 5 nitrogen and oxygen atoms in total. The Kier molecular flexibility index (Phi) is 9.29. The summed E-state index contributed by atoms with van der Waals surface area (Å²) in [6.45, 7) is 4.60. The van der Waals surface area contributed by atoms with Crippen molar-refractivity contribution in [1.82, 2.24) is 5.32 Å². The van der Waals surface area contributed by atoms with Crippen LogP contribution < -0.4 is 16.4 Å². The fraction of sp³-hybridized carbons (Fsp3) is 0.300. The van der Waals surface area contributed by atoms with Crippen LogP contribution in [0.1, 0.15) is 29.8 Å². The molecule has 4 N–H and O–H groups in total. The number of nitrogens with one attached hydrogen (secondary N) is 2. The summed E-state index contributed by atoms with van der Waals surface area (Å²) in [5.74, 6) is -0.188. The van der Waals surface area contributed by atoms with Gasteiger partial charge in [0.2, 0.25) is 5.91 Å². The SMILES string of the molecule is CC(C)CNC(=O)c1ccc(NC(=O)[C@@H](N)Cc2ccccc2)cc1Cl.Cl. The minimum Gasteiger partial charge on any atom is -0.352 e. The lowest BCUT2D eigenvalue weighted by molar-refractivity contribution is -0.117. The van der Waals surface area contributed by atoms with E-state index in [1.807, 2.05) is 44.2 Å². The minimum absolute atomic E-state index is 0. The molecule has 0 heterocycles. The van der Waals surface area contributed by atoms with E-state index in [0.29, 0.717) is 30.1 Å². The molecule has 27 heavy (non-hydrogen) atoms. The lowest BCUT2D eigenvalue weighted by atomic mass is 10.1. The Morgan fingerprint density at radius 1 is 1.11 bits per heavy atom. The third-order valence-corrected chi connectivity index (χ3v) is 4.10. The molecule has 0 spiro atoms. The van der Waals surface area contributed by atoms with Gasteiger partial charge < -0.3 is 16.4 Å². The molecule has 0 radical (unpaired) electrons. The van der Waals surface area contributed by atoms with Gasteiger partial charge in [0.25, 0.3) is 5.91 Å². The molecule has 0 unspecified atom stereocenters. The molecular weight excluding hydrogens is 385 g/mol. The fourth-order valence-electron chi connectivity index (χ4n) is 2.36. The van der Waals surface area contributed by atoms with Crippen molar-refractivity contribution in [3.63, 3.8) is 0 Å². The van der Waals surface area contributed by atoms with E-state index in [1.165, 1.54) is 0 Å². The van der Waals surface area contributed by atoms with E-state index in [-0.39, 0.29) is 29.2 Å². The van der Waals surface area contributed by atoms with Crippen molar-refractivity contribution in [2.75, 3.05) is 11.9 Å². The van der Waals surface area contributed by atoms with Crippen LogP contribution in [0.4, 0.5) is 5.69 Å². The summed E-state index contributed by atoms with van der Waals surface area (Å²) in [5, 5.41) is 5.83. The van der Waals surface area contributed by atoms with Crippen LogP contribution in [-0.4, -0.2) is 24.4 Å². The summed E-state index contributed by atoms with van der Waals surface area (Å²) in [6, 6.07) is 13.7. The normalized spacial score (nSPS) is 11.4. The zero-order valence-electron chi connectivity index (χ0n) is 15.4. The molecule has 1 atom stereocenters. The molecule has 2 aromatic rings. The van der Waals surface area contributed by atoms with Gasteiger partial charge in [-0.15, -0.1) is 12.4 Å². The Bertz CT molecular complexity index is 767. The van der Waals surface area contributed by atoms with Crippen LogP contribution in [0.3, 0.4) is 0 Å². The maximum absolute atomic E-state index is 12.3. The molecule has 0 saturated carbocycles. The van der Waals surface area contributed by atoms with Crippen molar-refractivity contribution >= 4 is 41.5 Å². The second-order valence-electron chi connectivity index (χ2n) is 6.58. The maximum atomic E-state index is 12.3. The Morgan fingerprint density at radius 2 is 1.78 bits per heavy atom. The van der Waals surface area contributed by atoms with Gasteiger partial charge in [-0.25, -0.2) is 0 Å². The van der Waals surface area contributed by atoms with Crippen molar-refractivity contribution < 1.29 is 9.59 Å². The van der Waals surface area contributed by atoms with Gasteiger partial charge in [-0.2, -0.15) is 0 Å². The van der Waals surface area contributed by atoms with Crippen LogP contribution in [-0.2, 0) is 11.2 Å². The predicted molar refractivity (Wildman–Crippen MR) is 113 cm³/mol. The molecule has 0 saturated heterocycles. The molecule has 2 amide bonds. The number of benzene rings is 2. The Morgan fingerprint density at radius 3 is 2.37 bits per heavy atom. The van der Waals surface area contributed by atoms with Crippen molar-refractivity contribution in [1.29, 1.82) is 0 Å². The predicted octanol–water partition coefficient (Wildman–Crippen LogP) is 3.66. The maximum Gasteiger partial charge on any atom is 0.252 e. The van der Waals surface area contributed by atoms with Crippen LogP contribution in [0.15, 0.2) is 48.5 Å². The summed E-state index contributed by atoms with van der Waals surface area (Å²) in [5.41, 5.74) is 7.84. The molecule has 0 aromatic heterocycles. The lowest BCUT2D eigenvalue weighted by Crippen LogP contribution is -2.37. The first-order valence-corrected chi connectivity index (χ1v) is 8.92. The van der Waals surface area contributed by atoms with Crippen molar-refractivity contribution in [2.45, 2.75) is 26.3 Å². The molecule has 0 bridgehead atoms. The number of anilines is 1. The van der Waals surface area contributed by atoms with E-state index in [2.05, 4.69) is 10.6 Å². The van der Waals surface area contributed by atoms with Gasteiger partial charge in [-0.3, -0.25) is 9.59 Å². The minimum atomic E-state index is -0.676. The highest BCUT2D eigenvalue weighted by molar-refractivity contribution is 6.34. The van der Waals surface area contributed by atoms with Crippen LogP contribution in [0.2, 0.25) is 5.02 Å².